The second kappa shape index (κ2) is 14.8. The van der Waals surface area contributed by atoms with Gasteiger partial charge in [0.1, 0.15) is 5.59 Å². The molecule has 0 rings (SSSR count). The molecule has 12 heteroatoms. The molecule has 0 aliphatic rings. The van der Waals surface area contributed by atoms with Crippen LogP contribution >= 0.6 is 15.2 Å². The Bertz CT molecular complexity index is 298. The summed E-state index contributed by atoms with van der Waals surface area (Å²) in [6.45, 7) is 1.74. The summed E-state index contributed by atoms with van der Waals surface area (Å²) in [5.74, 6) is 0. The van der Waals surface area contributed by atoms with E-state index in [2.05, 4.69) is 4.52 Å². The molecule has 0 aromatic carbocycles. The van der Waals surface area contributed by atoms with Gasteiger partial charge >= 0.3 is 88.7 Å². The summed E-state index contributed by atoms with van der Waals surface area (Å²) < 4.78 is 25.5. The van der Waals surface area contributed by atoms with Crippen molar-refractivity contribution in [2.45, 2.75) is 38.2 Å². The Balaban J connectivity index is -0.000000375. The molecular formula is C7H15Na3O7P2. The normalized spacial score (nSPS) is 15.2. The average Bonchev–Trinajstić information content (AvgIpc) is 2.15. The second-order valence-electron chi connectivity index (χ2n) is 3.32. The van der Waals surface area contributed by atoms with Gasteiger partial charge in [0, 0.05) is 0 Å². The van der Waals surface area contributed by atoms with Crippen LogP contribution in [-0.4, -0.2) is 17.3 Å². The number of aliphatic hydroxyl groups is 1. The summed E-state index contributed by atoms with van der Waals surface area (Å²) in [7, 11) is -10.6. The van der Waals surface area contributed by atoms with Gasteiger partial charge in [0.25, 0.3) is 0 Å². The van der Waals surface area contributed by atoms with Crippen LogP contribution in [0.15, 0.2) is 0 Å². The van der Waals surface area contributed by atoms with Crippen molar-refractivity contribution in [1.82, 2.24) is 0 Å². The van der Waals surface area contributed by atoms with Gasteiger partial charge in [0.15, 0.2) is 7.60 Å². The van der Waals surface area contributed by atoms with E-state index in [0.29, 0.717) is 6.42 Å². The zero-order valence-corrected chi connectivity index (χ0v) is 19.7. The summed E-state index contributed by atoms with van der Waals surface area (Å²) in [5.41, 5.74) is -2.99. The van der Waals surface area contributed by atoms with Crippen LogP contribution in [-0.2, 0) is 13.7 Å². The van der Waals surface area contributed by atoms with Crippen LogP contribution in [0.3, 0.4) is 0 Å². The monoisotopic (exact) mass is 342 g/mol. The number of aliphatic hydroxyl groups excluding tert-OH is 1. The summed E-state index contributed by atoms with van der Waals surface area (Å²) in [6.07, 6.45) is 3.01. The number of hydrogen-bond acceptors (Lipinski definition) is 7. The fourth-order valence-corrected chi connectivity index (χ4v) is 3.06. The van der Waals surface area contributed by atoms with Gasteiger partial charge < -0.3 is 33.4 Å². The molecule has 0 aromatic heterocycles. The van der Waals surface area contributed by atoms with E-state index in [0.717, 1.165) is 19.3 Å². The first-order valence-corrected chi connectivity index (χ1v) is 8.09. The topological polar surface area (TPSA) is 133 Å². The van der Waals surface area contributed by atoms with Gasteiger partial charge in [-0.3, -0.25) is 0 Å². The van der Waals surface area contributed by atoms with Crippen molar-refractivity contribution in [3.05, 3.63) is 0 Å². The van der Waals surface area contributed by atoms with Crippen LogP contribution in [0, 0.1) is 0 Å². The molecule has 0 aromatic rings. The van der Waals surface area contributed by atoms with Gasteiger partial charge in [-0.2, -0.15) is 0 Å². The van der Waals surface area contributed by atoms with Crippen LogP contribution in [0.5, 0.6) is 0 Å². The van der Waals surface area contributed by atoms with E-state index >= 15 is 0 Å². The molecule has 0 saturated heterocycles. The molecule has 0 aliphatic heterocycles. The zero-order chi connectivity index (χ0) is 12.8. The SMILES string of the molecule is CCCCCCOP(=O)([O-])C(O)P(=O)([O-])[O-].[Na+].[Na+].[Na+]. The summed E-state index contributed by atoms with van der Waals surface area (Å²) in [6, 6.07) is 0. The summed E-state index contributed by atoms with van der Waals surface area (Å²) in [5, 5.41) is 8.73. The number of hydrogen-bond donors (Lipinski definition) is 1. The van der Waals surface area contributed by atoms with Gasteiger partial charge in [0.05, 0.1) is 6.61 Å². The molecule has 0 heterocycles. The van der Waals surface area contributed by atoms with Gasteiger partial charge in [-0.1, -0.05) is 26.2 Å². The van der Waals surface area contributed by atoms with Crippen molar-refractivity contribution in [3.63, 3.8) is 0 Å². The van der Waals surface area contributed by atoms with Crippen LogP contribution in [0.1, 0.15) is 32.6 Å². The van der Waals surface area contributed by atoms with Gasteiger partial charge in [-0.05, 0) is 14.0 Å². The molecule has 19 heavy (non-hydrogen) atoms. The fourth-order valence-electron chi connectivity index (χ4n) is 0.961. The minimum Gasteiger partial charge on any atom is -0.809 e. The van der Waals surface area contributed by atoms with E-state index in [1.165, 1.54) is 0 Å². The average molecular weight is 342 g/mol. The molecule has 0 bridgehead atoms. The first-order chi connectivity index (χ1) is 7.22. The fraction of sp³-hybridized carbons (Fsp3) is 1.00. The number of unbranched alkanes of at least 4 members (excludes halogenated alkanes) is 3. The van der Waals surface area contributed by atoms with Crippen molar-refractivity contribution in [2.75, 3.05) is 6.61 Å². The minimum atomic E-state index is -5.58. The zero-order valence-electron chi connectivity index (χ0n) is 11.9. The van der Waals surface area contributed by atoms with Crippen LogP contribution in [0.25, 0.3) is 0 Å². The van der Waals surface area contributed by atoms with Crippen LogP contribution in [0.4, 0.5) is 0 Å². The van der Waals surface area contributed by atoms with Crippen molar-refractivity contribution >= 4 is 15.2 Å². The van der Waals surface area contributed by atoms with Crippen LogP contribution < -0.4 is 103 Å². The Morgan fingerprint density at radius 2 is 1.53 bits per heavy atom. The van der Waals surface area contributed by atoms with Crippen molar-refractivity contribution in [1.29, 1.82) is 0 Å². The molecule has 2 atom stereocenters. The molecule has 0 aliphatic carbocycles. The maximum atomic E-state index is 11.0. The smallest absolute Gasteiger partial charge is 0.809 e. The third-order valence-electron chi connectivity index (χ3n) is 1.83. The summed E-state index contributed by atoms with van der Waals surface area (Å²) >= 11 is 0. The Hall–Kier alpha value is 3.26. The van der Waals surface area contributed by atoms with E-state index in [1.807, 2.05) is 6.92 Å². The van der Waals surface area contributed by atoms with Crippen molar-refractivity contribution in [2.24, 2.45) is 0 Å². The molecule has 0 amide bonds. The second-order valence-corrected chi connectivity index (χ2v) is 7.12. The molecule has 0 saturated carbocycles. The Morgan fingerprint density at radius 3 is 1.89 bits per heavy atom. The molecule has 0 fully saturated rings. The first kappa shape index (κ1) is 30.2. The predicted octanol–water partition coefficient (Wildman–Crippen LogP) is -9.66. The van der Waals surface area contributed by atoms with Gasteiger partial charge in [0.2, 0.25) is 0 Å². The van der Waals surface area contributed by atoms with E-state index in [-0.39, 0.29) is 95.3 Å². The molecule has 7 nitrogen and oxygen atoms in total. The van der Waals surface area contributed by atoms with Gasteiger partial charge in [-0.15, -0.1) is 0 Å². The quantitative estimate of drug-likeness (QED) is 0.263. The van der Waals surface area contributed by atoms with E-state index < -0.39 is 20.8 Å². The molecule has 0 radical (unpaired) electrons. The van der Waals surface area contributed by atoms with Crippen molar-refractivity contribution in [3.8, 4) is 0 Å². The number of rotatable bonds is 8. The maximum Gasteiger partial charge on any atom is 1.00 e. The van der Waals surface area contributed by atoms with E-state index in [4.69, 9.17) is 5.11 Å². The van der Waals surface area contributed by atoms with Crippen LogP contribution in [0.2, 0.25) is 0 Å². The third kappa shape index (κ3) is 14.6. The molecule has 2 unspecified atom stereocenters. The first-order valence-electron chi connectivity index (χ1n) is 4.87. The molecular weight excluding hydrogens is 327 g/mol. The van der Waals surface area contributed by atoms with E-state index in [9.17, 15) is 23.8 Å². The minimum absolute atomic E-state index is 0. The third-order valence-corrected chi connectivity index (χ3v) is 5.21. The molecule has 1 N–H and O–H groups in total. The standard InChI is InChI=1S/C7H18O7P2.3Na/c1-2-3-4-5-6-14-16(12,13)7(8)15(9,10)11;;;/h7-8H,2-6H2,1H3,(H,12,13)(H2,9,10,11);;;/q;3*+1/p-3. The summed E-state index contributed by atoms with van der Waals surface area (Å²) in [4.78, 5) is 31.6. The molecule has 0 spiro atoms. The molecule has 98 valence electrons. The Labute approximate surface area is 179 Å². The van der Waals surface area contributed by atoms with Gasteiger partial charge in [-0.25, -0.2) is 0 Å². The predicted molar refractivity (Wildman–Crippen MR) is 51.3 cm³/mol. The Kier molecular flexibility index (Phi) is 23.5. The van der Waals surface area contributed by atoms with E-state index in [1.54, 1.807) is 0 Å². The Morgan fingerprint density at radius 1 is 1.05 bits per heavy atom. The maximum absolute atomic E-state index is 11.0. The largest absolute Gasteiger partial charge is 1.00 e. The van der Waals surface area contributed by atoms with Crippen molar-refractivity contribution < 1.29 is 122 Å².